The Kier molecular flexibility index (Phi) is 5.52. The van der Waals surface area contributed by atoms with Crippen molar-refractivity contribution >= 4 is 24.0 Å². The Bertz CT molecular complexity index is 876. The predicted octanol–water partition coefficient (Wildman–Crippen LogP) is 4.90. The van der Waals surface area contributed by atoms with Crippen molar-refractivity contribution in [1.82, 2.24) is 4.90 Å². The van der Waals surface area contributed by atoms with Gasteiger partial charge in [-0.1, -0.05) is 13.3 Å². The van der Waals surface area contributed by atoms with Crippen LogP contribution in [0.5, 0.6) is 0 Å². The summed E-state index contributed by atoms with van der Waals surface area (Å²) in [5.74, 6) is 2.86. The molecule has 4 saturated carbocycles. The van der Waals surface area contributed by atoms with E-state index in [1.807, 2.05) is 32.6 Å². The van der Waals surface area contributed by atoms with E-state index in [1.165, 1.54) is 12.8 Å². The van der Waals surface area contributed by atoms with Gasteiger partial charge in [-0.05, 0) is 107 Å². The van der Waals surface area contributed by atoms with Crippen molar-refractivity contribution in [3.63, 3.8) is 0 Å². The van der Waals surface area contributed by atoms with Gasteiger partial charge in [-0.3, -0.25) is 4.79 Å². The van der Waals surface area contributed by atoms with Gasteiger partial charge in [0.25, 0.3) is 0 Å². The van der Waals surface area contributed by atoms with Crippen LogP contribution < -0.4 is 0 Å². The number of ether oxygens (including phenoxy) is 1. The lowest BCUT2D eigenvalue weighted by atomic mass is 9.32. The maximum absolute atomic E-state index is 14.3. The van der Waals surface area contributed by atoms with Gasteiger partial charge in [0.1, 0.15) is 11.9 Å². The first-order chi connectivity index (χ1) is 15.5. The van der Waals surface area contributed by atoms with E-state index in [2.05, 4.69) is 11.9 Å². The minimum atomic E-state index is -0.631. The Morgan fingerprint density at radius 1 is 1.12 bits per heavy atom. The van der Waals surface area contributed by atoms with Gasteiger partial charge < -0.3 is 14.4 Å². The molecule has 0 aromatic heterocycles. The van der Waals surface area contributed by atoms with Gasteiger partial charge in [0.2, 0.25) is 5.91 Å². The maximum Gasteiger partial charge on any atom is 0.434 e. The fourth-order valence-electron chi connectivity index (χ4n) is 8.88. The molecule has 5 aliphatic rings. The third kappa shape index (κ3) is 3.67. The van der Waals surface area contributed by atoms with Crippen LogP contribution in [0, 0.1) is 46.8 Å². The van der Waals surface area contributed by atoms with Gasteiger partial charge in [-0.15, -0.1) is 0 Å². The Morgan fingerprint density at radius 2 is 1.88 bits per heavy atom. The number of hydrogen-bond acceptors (Lipinski definition) is 4. The minimum absolute atomic E-state index is 0.0320. The molecular weight excluding hydrogens is 416 g/mol. The van der Waals surface area contributed by atoms with Gasteiger partial charge >= 0.3 is 6.09 Å². The molecule has 0 N–H and O–H groups in total. The SMILES string of the molecule is C/C(=N/C(=O)OC(C)(C)C)C(C(=O)N1C[C@@H]2CCC[C@@H]2[C@H]1C=O)C12CC(C)CC3CC(C1)C32. The predicted molar refractivity (Wildman–Crippen MR) is 126 cm³/mol. The zero-order valence-electron chi connectivity index (χ0n) is 20.9. The molecular formula is C27H40N2O4. The molecule has 9 atom stereocenters. The monoisotopic (exact) mass is 456 g/mol. The van der Waals surface area contributed by atoms with Gasteiger partial charge in [-0.2, -0.15) is 4.99 Å². The van der Waals surface area contributed by atoms with Crippen LogP contribution in [0.25, 0.3) is 0 Å². The third-order valence-electron chi connectivity index (χ3n) is 9.63. The first-order valence-corrected chi connectivity index (χ1v) is 13.1. The highest BCUT2D eigenvalue weighted by Crippen LogP contribution is 2.74. The molecule has 0 aromatic rings. The highest BCUT2D eigenvalue weighted by atomic mass is 16.6. The number of aldehydes is 1. The largest absolute Gasteiger partial charge is 0.442 e. The molecule has 0 spiro atoms. The second-order valence-electron chi connectivity index (χ2n) is 12.9. The van der Waals surface area contributed by atoms with Crippen LogP contribution in [0.15, 0.2) is 4.99 Å². The molecule has 4 aliphatic carbocycles. The highest BCUT2D eigenvalue weighted by Gasteiger charge is 2.69. The number of fused-ring (bicyclic) bond motifs is 1. The van der Waals surface area contributed by atoms with E-state index in [1.54, 1.807) is 0 Å². The third-order valence-corrected chi connectivity index (χ3v) is 9.63. The van der Waals surface area contributed by atoms with Crippen LogP contribution in [0.4, 0.5) is 4.79 Å². The zero-order chi connectivity index (χ0) is 23.7. The summed E-state index contributed by atoms with van der Waals surface area (Å²) in [6.45, 7) is 10.3. The molecule has 1 aliphatic heterocycles. The molecule has 5 fully saturated rings. The molecule has 2 amide bonds. The molecule has 1 saturated heterocycles. The second kappa shape index (κ2) is 7.91. The Morgan fingerprint density at radius 3 is 2.55 bits per heavy atom. The Hall–Kier alpha value is -1.72. The summed E-state index contributed by atoms with van der Waals surface area (Å²) in [6, 6.07) is -0.327. The first kappa shape index (κ1) is 23.0. The van der Waals surface area contributed by atoms with Gasteiger partial charge in [0.05, 0.1) is 12.0 Å². The lowest BCUT2D eigenvalue weighted by Crippen LogP contribution is -2.68. The van der Waals surface area contributed by atoms with Crippen LogP contribution in [0.2, 0.25) is 0 Å². The summed E-state index contributed by atoms with van der Waals surface area (Å²) in [6.07, 6.45) is 8.24. The van der Waals surface area contributed by atoms with Gasteiger partial charge in [0, 0.05) is 12.3 Å². The molecule has 0 bridgehead atoms. The standard InChI is InChI=1S/C27H40N2O4/c1-15-9-18-10-19-12-27(11-15,23(18)19)22(16(2)28-25(32)33-26(3,4)5)24(31)29-13-17-7-6-8-20(17)21(29)14-30/h14-15,17-23H,6-13H2,1-5H3/b28-16-/t15?,17-,18?,19?,20-,21+,22?,23?,27?/m0/s1. The first-order valence-electron chi connectivity index (χ1n) is 13.1. The van der Waals surface area contributed by atoms with Crippen molar-refractivity contribution in [3.8, 4) is 0 Å². The number of carbonyl (C=O) groups excluding carboxylic acids is 3. The molecule has 5 rings (SSSR count). The van der Waals surface area contributed by atoms with E-state index in [9.17, 15) is 14.4 Å². The molecule has 6 heteroatoms. The van der Waals surface area contributed by atoms with E-state index in [0.29, 0.717) is 47.8 Å². The van der Waals surface area contributed by atoms with E-state index >= 15 is 0 Å². The van der Waals surface area contributed by atoms with Crippen molar-refractivity contribution in [3.05, 3.63) is 0 Å². The number of carbonyl (C=O) groups is 3. The summed E-state index contributed by atoms with van der Waals surface area (Å²) in [5.41, 5.74) is -0.175. The molecule has 6 nitrogen and oxygen atoms in total. The summed E-state index contributed by atoms with van der Waals surface area (Å²) in [4.78, 5) is 45.3. The normalized spacial score (nSPS) is 42.5. The minimum Gasteiger partial charge on any atom is -0.442 e. The second-order valence-corrected chi connectivity index (χ2v) is 12.9. The van der Waals surface area contributed by atoms with Crippen LogP contribution in [0.1, 0.15) is 79.6 Å². The zero-order valence-corrected chi connectivity index (χ0v) is 20.9. The van der Waals surface area contributed by atoms with Gasteiger partial charge in [0.15, 0.2) is 0 Å². The highest BCUT2D eigenvalue weighted by molar-refractivity contribution is 6.07. The van der Waals surface area contributed by atoms with Crippen molar-refractivity contribution < 1.29 is 19.1 Å². The number of rotatable bonds is 4. The van der Waals surface area contributed by atoms with E-state index < -0.39 is 17.6 Å². The van der Waals surface area contributed by atoms with Crippen LogP contribution >= 0.6 is 0 Å². The summed E-state index contributed by atoms with van der Waals surface area (Å²) < 4.78 is 5.48. The molecule has 6 unspecified atom stereocenters. The Labute approximate surface area is 197 Å². The molecule has 1 heterocycles. The van der Waals surface area contributed by atoms with Crippen molar-refractivity contribution in [1.29, 1.82) is 0 Å². The molecule has 0 radical (unpaired) electrons. The van der Waals surface area contributed by atoms with Gasteiger partial charge in [-0.25, -0.2) is 4.79 Å². The molecule has 182 valence electrons. The lowest BCUT2D eigenvalue weighted by Gasteiger charge is -2.72. The van der Waals surface area contributed by atoms with Crippen LogP contribution in [0.3, 0.4) is 0 Å². The lowest BCUT2D eigenvalue weighted by molar-refractivity contribution is -0.224. The number of aliphatic imine (C=N–C) groups is 1. The topological polar surface area (TPSA) is 76.0 Å². The maximum atomic E-state index is 14.3. The van der Waals surface area contributed by atoms with Crippen LogP contribution in [-0.4, -0.2) is 47.1 Å². The fourth-order valence-corrected chi connectivity index (χ4v) is 8.88. The quantitative estimate of drug-likeness (QED) is 0.445. The van der Waals surface area contributed by atoms with Crippen molar-refractivity contribution in [2.45, 2.75) is 91.2 Å². The van der Waals surface area contributed by atoms with Crippen molar-refractivity contribution in [2.75, 3.05) is 6.54 Å². The van der Waals surface area contributed by atoms with Crippen molar-refractivity contribution in [2.24, 2.45) is 51.8 Å². The number of amides is 2. The molecule has 0 aromatic carbocycles. The van der Waals surface area contributed by atoms with E-state index in [-0.39, 0.29) is 17.4 Å². The molecule has 33 heavy (non-hydrogen) atoms. The van der Waals surface area contributed by atoms with E-state index in [4.69, 9.17) is 4.74 Å². The average Bonchev–Trinajstić information content (AvgIpc) is 3.23. The number of likely N-dealkylation sites (tertiary alicyclic amines) is 1. The summed E-state index contributed by atoms with van der Waals surface area (Å²) in [5, 5.41) is 0. The number of hydrogen-bond donors (Lipinski definition) is 0. The van der Waals surface area contributed by atoms with E-state index in [0.717, 1.165) is 38.4 Å². The fraction of sp³-hybridized carbons (Fsp3) is 0.852. The summed E-state index contributed by atoms with van der Waals surface area (Å²) in [7, 11) is 0. The average molecular weight is 457 g/mol. The number of nitrogens with zero attached hydrogens (tertiary/aromatic N) is 2. The Balaban J connectivity index is 1.49. The summed E-state index contributed by atoms with van der Waals surface area (Å²) >= 11 is 0. The van der Waals surface area contributed by atoms with Crippen LogP contribution in [-0.2, 0) is 14.3 Å². The smallest absolute Gasteiger partial charge is 0.434 e.